The molecule has 0 bridgehead atoms. The number of hydrogen-bond donors (Lipinski definition) is 1. The number of aliphatic hydroxyl groups excluding tert-OH is 1. The van der Waals surface area contributed by atoms with E-state index in [0.29, 0.717) is 5.56 Å². The summed E-state index contributed by atoms with van der Waals surface area (Å²) in [5, 5.41) is 19.6. The molecule has 6 nitrogen and oxygen atoms in total. The molecule has 1 N–H and O–H groups in total. The van der Waals surface area contributed by atoms with Gasteiger partial charge in [-0.15, -0.1) is 0 Å². The Kier molecular flexibility index (Phi) is 5.79. The van der Waals surface area contributed by atoms with Crippen LogP contribution in [0.3, 0.4) is 0 Å². The molecule has 0 unspecified atom stereocenters. The van der Waals surface area contributed by atoms with Crippen molar-refractivity contribution in [1.82, 2.24) is 9.80 Å². The van der Waals surface area contributed by atoms with Crippen LogP contribution in [0.5, 0.6) is 0 Å². The minimum Gasteiger partial charge on any atom is -0.394 e. The molecule has 160 valence electrons. The molecule has 3 atom stereocenters. The van der Waals surface area contributed by atoms with Crippen molar-refractivity contribution in [2.75, 3.05) is 20.7 Å². The van der Waals surface area contributed by atoms with Gasteiger partial charge in [0.2, 0.25) is 5.91 Å². The molecule has 2 fully saturated rings. The molecule has 1 saturated carbocycles. The molecule has 1 aliphatic carbocycles. The Balaban J connectivity index is 1.52. The second-order valence-electron chi connectivity index (χ2n) is 8.62. The fourth-order valence-corrected chi connectivity index (χ4v) is 4.54. The first-order valence-electron chi connectivity index (χ1n) is 10.7. The second kappa shape index (κ2) is 8.52. The average molecular weight is 418 g/mol. The van der Waals surface area contributed by atoms with Crippen molar-refractivity contribution in [2.24, 2.45) is 5.92 Å². The number of hydrogen-bond acceptors (Lipinski definition) is 4. The molecule has 6 heteroatoms. The average Bonchev–Trinajstić information content (AvgIpc) is 2.72. The highest BCUT2D eigenvalue weighted by molar-refractivity contribution is 5.94. The van der Waals surface area contributed by atoms with Crippen molar-refractivity contribution < 1.29 is 14.7 Å². The van der Waals surface area contributed by atoms with E-state index in [1.54, 1.807) is 23.9 Å². The number of amides is 2. The Morgan fingerprint density at radius 3 is 2.10 bits per heavy atom. The number of rotatable bonds is 5. The Hall–Kier alpha value is -3.17. The zero-order chi connectivity index (χ0) is 22.1. The first-order chi connectivity index (χ1) is 15.0. The molecule has 0 aromatic heterocycles. The van der Waals surface area contributed by atoms with Crippen molar-refractivity contribution in [2.45, 2.75) is 37.3 Å². The monoisotopic (exact) mass is 417 g/mol. The van der Waals surface area contributed by atoms with Crippen LogP contribution in [0.15, 0.2) is 48.5 Å². The van der Waals surface area contributed by atoms with Crippen molar-refractivity contribution in [3.63, 3.8) is 0 Å². The van der Waals surface area contributed by atoms with Gasteiger partial charge in [-0.1, -0.05) is 42.8 Å². The van der Waals surface area contributed by atoms with E-state index >= 15 is 0 Å². The number of carbonyl (C=O) groups excluding carboxylic acids is 2. The first-order valence-corrected chi connectivity index (χ1v) is 10.7. The fourth-order valence-electron chi connectivity index (χ4n) is 4.54. The Bertz CT molecular complexity index is 1000. The molecule has 1 heterocycles. The van der Waals surface area contributed by atoms with Crippen LogP contribution < -0.4 is 0 Å². The van der Waals surface area contributed by atoms with Crippen LogP contribution in [-0.4, -0.2) is 59.5 Å². The van der Waals surface area contributed by atoms with Crippen LogP contribution in [-0.2, 0) is 4.79 Å². The van der Waals surface area contributed by atoms with E-state index in [2.05, 4.69) is 6.07 Å². The number of likely N-dealkylation sites (tertiary alicyclic amines) is 1. The van der Waals surface area contributed by atoms with Gasteiger partial charge in [0, 0.05) is 31.5 Å². The van der Waals surface area contributed by atoms with E-state index in [1.165, 1.54) is 0 Å². The Morgan fingerprint density at radius 1 is 1.06 bits per heavy atom. The predicted molar refractivity (Wildman–Crippen MR) is 117 cm³/mol. The highest BCUT2D eigenvalue weighted by Crippen LogP contribution is 2.43. The number of aliphatic hydroxyl groups is 1. The van der Waals surface area contributed by atoms with E-state index in [1.807, 2.05) is 48.5 Å². The largest absolute Gasteiger partial charge is 0.394 e. The Labute approximate surface area is 182 Å². The van der Waals surface area contributed by atoms with Crippen LogP contribution in [0.1, 0.15) is 41.1 Å². The second-order valence-corrected chi connectivity index (χ2v) is 8.62. The molecule has 2 aromatic rings. The van der Waals surface area contributed by atoms with Gasteiger partial charge in [0.05, 0.1) is 18.7 Å². The van der Waals surface area contributed by atoms with Gasteiger partial charge in [0.25, 0.3) is 5.91 Å². The highest BCUT2D eigenvalue weighted by Gasteiger charge is 2.53. The van der Waals surface area contributed by atoms with Crippen molar-refractivity contribution in [3.8, 4) is 17.2 Å². The van der Waals surface area contributed by atoms with Crippen molar-refractivity contribution in [3.05, 3.63) is 59.7 Å². The van der Waals surface area contributed by atoms with Crippen molar-refractivity contribution >= 4 is 11.8 Å². The van der Waals surface area contributed by atoms with Gasteiger partial charge in [0.15, 0.2) is 0 Å². The number of nitrogens with zero attached hydrogens (tertiary/aromatic N) is 3. The number of benzene rings is 2. The van der Waals surface area contributed by atoms with Gasteiger partial charge in [0.1, 0.15) is 6.04 Å². The minimum atomic E-state index is -0.535. The van der Waals surface area contributed by atoms with E-state index < -0.39 is 6.04 Å². The maximum absolute atomic E-state index is 12.7. The van der Waals surface area contributed by atoms with Gasteiger partial charge in [-0.2, -0.15) is 5.26 Å². The smallest absolute Gasteiger partial charge is 0.253 e. The molecule has 0 radical (unpaired) electrons. The number of carbonyl (C=O) groups is 2. The zero-order valence-electron chi connectivity index (χ0n) is 17.9. The van der Waals surface area contributed by atoms with E-state index in [9.17, 15) is 20.0 Å². The van der Waals surface area contributed by atoms with Gasteiger partial charge in [-0.3, -0.25) is 9.59 Å². The lowest BCUT2D eigenvalue weighted by Gasteiger charge is -2.53. The summed E-state index contributed by atoms with van der Waals surface area (Å²) in [6.45, 7) is -0.148. The van der Waals surface area contributed by atoms with E-state index in [4.69, 9.17) is 0 Å². The lowest BCUT2D eigenvalue weighted by Crippen LogP contribution is -2.66. The molecule has 2 aromatic carbocycles. The van der Waals surface area contributed by atoms with Crippen LogP contribution in [0.2, 0.25) is 0 Å². The van der Waals surface area contributed by atoms with Gasteiger partial charge >= 0.3 is 0 Å². The predicted octanol–water partition coefficient (Wildman–Crippen LogP) is 3.03. The minimum absolute atomic E-state index is 0.00979. The summed E-state index contributed by atoms with van der Waals surface area (Å²) in [6.07, 6.45) is 2.81. The Morgan fingerprint density at radius 2 is 1.65 bits per heavy atom. The topological polar surface area (TPSA) is 84.6 Å². The van der Waals surface area contributed by atoms with Crippen molar-refractivity contribution in [1.29, 1.82) is 5.26 Å². The molecule has 1 saturated heterocycles. The molecule has 0 spiro atoms. The molecular formula is C25H27N3O3. The SMILES string of the molecule is CN(C)C(=O)c1ccc(-c2ccc([C@H]3[C@@H](C#N)N(C(=O)C4CCC4)[C@H]3CO)cc2)cc1. The van der Waals surface area contributed by atoms with Crippen LogP contribution in [0, 0.1) is 17.2 Å². The van der Waals surface area contributed by atoms with Crippen LogP contribution in [0.4, 0.5) is 0 Å². The van der Waals surface area contributed by atoms with Crippen LogP contribution >= 0.6 is 0 Å². The molecular weight excluding hydrogens is 390 g/mol. The normalized spacial score (nSPS) is 22.8. The third-order valence-electron chi connectivity index (χ3n) is 6.61. The standard InChI is InChI=1S/C25H27N3O3/c1-27(2)24(30)20-12-8-17(9-13-20)16-6-10-18(11-7-16)23-21(14-26)28(22(23)15-29)25(31)19-4-3-5-19/h6-13,19,21-23,29H,3-5,15H2,1-2H3/t21-,22+,23+/m1/s1. The molecule has 1 aliphatic heterocycles. The molecule has 31 heavy (non-hydrogen) atoms. The summed E-state index contributed by atoms with van der Waals surface area (Å²) in [4.78, 5) is 27.9. The molecule has 2 amide bonds. The number of nitriles is 1. The lowest BCUT2D eigenvalue weighted by atomic mass is 9.73. The van der Waals surface area contributed by atoms with Gasteiger partial charge < -0.3 is 14.9 Å². The lowest BCUT2D eigenvalue weighted by molar-refractivity contribution is -0.154. The zero-order valence-corrected chi connectivity index (χ0v) is 17.9. The highest BCUT2D eigenvalue weighted by atomic mass is 16.3. The summed E-state index contributed by atoms with van der Waals surface area (Å²) in [5.74, 6) is -0.203. The summed E-state index contributed by atoms with van der Waals surface area (Å²) in [6, 6.07) is 16.8. The van der Waals surface area contributed by atoms with Crippen LogP contribution in [0.25, 0.3) is 11.1 Å². The third-order valence-corrected chi connectivity index (χ3v) is 6.61. The van der Waals surface area contributed by atoms with E-state index in [-0.39, 0.29) is 36.3 Å². The third kappa shape index (κ3) is 3.70. The summed E-state index contributed by atoms with van der Waals surface area (Å²) in [5.41, 5.74) is 3.58. The fraction of sp³-hybridized carbons (Fsp3) is 0.400. The molecule has 2 aliphatic rings. The summed E-state index contributed by atoms with van der Waals surface area (Å²) in [7, 11) is 3.45. The van der Waals surface area contributed by atoms with E-state index in [0.717, 1.165) is 36.0 Å². The van der Waals surface area contributed by atoms with Gasteiger partial charge in [-0.05, 0) is 41.7 Å². The first kappa shape index (κ1) is 21.1. The summed E-state index contributed by atoms with van der Waals surface area (Å²) < 4.78 is 0. The maximum Gasteiger partial charge on any atom is 0.253 e. The summed E-state index contributed by atoms with van der Waals surface area (Å²) >= 11 is 0. The quantitative estimate of drug-likeness (QED) is 0.810. The molecule has 4 rings (SSSR count). The van der Waals surface area contributed by atoms with Gasteiger partial charge in [-0.25, -0.2) is 0 Å². The maximum atomic E-state index is 12.7.